The predicted molar refractivity (Wildman–Crippen MR) is 65.1 cm³/mol. The Labute approximate surface area is 104 Å². The molecule has 2 aromatic rings. The fourth-order valence-electron chi connectivity index (χ4n) is 1.52. The van der Waals surface area contributed by atoms with Gasteiger partial charge in [0.2, 0.25) is 5.88 Å². The number of nitrogens with zero attached hydrogens (tertiary/aromatic N) is 3. The Hall–Kier alpha value is -2.61. The normalized spacial score (nSPS) is 9.83. The van der Waals surface area contributed by atoms with E-state index in [2.05, 4.69) is 4.98 Å². The highest BCUT2D eigenvalue weighted by Crippen LogP contribution is 2.18. The second-order valence-corrected chi connectivity index (χ2v) is 3.79. The Morgan fingerprint density at radius 1 is 1.44 bits per heavy atom. The highest BCUT2D eigenvalue weighted by molar-refractivity contribution is 6.05. The average molecular weight is 241 g/mol. The van der Waals surface area contributed by atoms with Gasteiger partial charge in [-0.05, 0) is 25.1 Å². The Morgan fingerprint density at radius 2 is 2.22 bits per heavy atom. The summed E-state index contributed by atoms with van der Waals surface area (Å²) >= 11 is 0. The van der Waals surface area contributed by atoms with E-state index in [9.17, 15) is 4.79 Å². The maximum Gasteiger partial charge on any atom is 0.260 e. The minimum Gasteiger partial charge on any atom is -0.445 e. The monoisotopic (exact) mass is 241 g/mol. The van der Waals surface area contributed by atoms with Crippen molar-refractivity contribution in [2.45, 2.75) is 6.92 Å². The van der Waals surface area contributed by atoms with E-state index in [4.69, 9.17) is 9.68 Å². The molecule has 0 aliphatic heterocycles. The number of furan rings is 1. The molecule has 0 saturated carbocycles. The summed E-state index contributed by atoms with van der Waals surface area (Å²) < 4.78 is 5.37. The smallest absolute Gasteiger partial charge is 0.260 e. The summed E-state index contributed by atoms with van der Waals surface area (Å²) in [5, 5.41) is 8.75. The van der Waals surface area contributed by atoms with E-state index >= 15 is 0 Å². The molecule has 0 bridgehead atoms. The van der Waals surface area contributed by atoms with E-state index < -0.39 is 0 Å². The second-order valence-electron chi connectivity index (χ2n) is 3.79. The van der Waals surface area contributed by atoms with Crippen molar-refractivity contribution < 1.29 is 9.21 Å². The molecule has 90 valence electrons. The third-order valence-electron chi connectivity index (χ3n) is 2.48. The fourth-order valence-corrected chi connectivity index (χ4v) is 1.52. The lowest BCUT2D eigenvalue weighted by Crippen LogP contribution is -2.25. The molecule has 0 aromatic carbocycles. The van der Waals surface area contributed by atoms with E-state index in [-0.39, 0.29) is 11.6 Å². The van der Waals surface area contributed by atoms with Crippen molar-refractivity contribution in [3.63, 3.8) is 0 Å². The van der Waals surface area contributed by atoms with Crippen LogP contribution in [0.15, 0.2) is 34.9 Å². The molecule has 0 aliphatic carbocycles. The van der Waals surface area contributed by atoms with Gasteiger partial charge in [0.1, 0.15) is 17.5 Å². The zero-order valence-corrected chi connectivity index (χ0v) is 10.0. The van der Waals surface area contributed by atoms with Crippen LogP contribution in [-0.4, -0.2) is 17.9 Å². The summed E-state index contributed by atoms with van der Waals surface area (Å²) in [6, 6.07) is 8.42. The quantitative estimate of drug-likeness (QED) is 0.807. The number of aromatic nitrogens is 1. The number of anilines is 1. The average Bonchev–Trinajstić information content (AvgIpc) is 2.83. The van der Waals surface area contributed by atoms with Crippen LogP contribution in [0.1, 0.15) is 21.8 Å². The van der Waals surface area contributed by atoms with Crippen molar-refractivity contribution in [2.24, 2.45) is 0 Å². The van der Waals surface area contributed by atoms with Gasteiger partial charge >= 0.3 is 0 Å². The third kappa shape index (κ3) is 2.23. The SMILES string of the molecule is Cc1ccc(N(C)C(=O)c2ccnc(C#N)c2)o1. The highest BCUT2D eigenvalue weighted by atomic mass is 16.4. The van der Waals surface area contributed by atoms with Crippen LogP contribution in [0.2, 0.25) is 0 Å². The zero-order valence-electron chi connectivity index (χ0n) is 10.0. The summed E-state index contributed by atoms with van der Waals surface area (Å²) in [7, 11) is 1.62. The van der Waals surface area contributed by atoms with Gasteiger partial charge < -0.3 is 4.42 Å². The minimum atomic E-state index is -0.247. The van der Waals surface area contributed by atoms with Crippen LogP contribution in [0.5, 0.6) is 0 Å². The van der Waals surface area contributed by atoms with Crippen LogP contribution in [0.3, 0.4) is 0 Å². The van der Waals surface area contributed by atoms with Crippen molar-refractivity contribution in [3.8, 4) is 6.07 Å². The first-order chi connectivity index (χ1) is 8.61. The van der Waals surface area contributed by atoms with Crippen LogP contribution < -0.4 is 4.90 Å². The number of rotatable bonds is 2. The molecule has 18 heavy (non-hydrogen) atoms. The number of amides is 1. The number of pyridine rings is 1. The maximum absolute atomic E-state index is 12.2. The molecular weight excluding hydrogens is 230 g/mol. The van der Waals surface area contributed by atoms with Crippen molar-refractivity contribution >= 4 is 11.8 Å². The van der Waals surface area contributed by atoms with Crippen LogP contribution >= 0.6 is 0 Å². The molecule has 0 unspecified atom stereocenters. The lowest BCUT2D eigenvalue weighted by molar-refractivity contribution is 0.0989. The van der Waals surface area contributed by atoms with Crippen molar-refractivity contribution in [2.75, 3.05) is 11.9 Å². The topological polar surface area (TPSA) is 70.1 Å². The molecular formula is C13H11N3O2. The number of carbonyl (C=O) groups is 1. The number of carbonyl (C=O) groups excluding carboxylic acids is 1. The van der Waals surface area contributed by atoms with Gasteiger partial charge in [0.05, 0.1) is 0 Å². The first kappa shape index (κ1) is 11.9. The van der Waals surface area contributed by atoms with Gasteiger partial charge in [0.15, 0.2) is 0 Å². The standard InChI is InChI=1S/C13H11N3O2/c1-9-3-4-12(18-9)16(2)13(17)10-5-6-15-11(7-10)8-14/h3-7H,1-2H3. The van der Waals surface area contributed by atoms with Gasteiger partial charge in [-0.1, -0.05) is 0 Å². The molecule has 5 nitrogen and oxygen atoms in total. The highest BCUT2D eigenvalue weighted by Gasteiger charge is 2.16. The molecule has 5 heteroatoms. The van der Waals surface area contributed by atoms with Gasteiger partial charge in [-0.2, -0.15) is 5.26 Å². The molecule has 0 fully saturated rings. The van der Waals surface area contributed by atoms with E-state index in [1.54, 1.807) is 25.2 Å². The van der Waals surface area contributed by atoms with Gasteiger partial charge in [0, 0.05) is 24.9 Å². The summed E-state index contributed by atoms with van der Waals surface area (Å²) in [6.07, 6.45) is 1.44. The van der Waals surface area contributed by atoms with Crippen LogP contribution in [-0.2, 0) is 0 Å². The molecule has 2 aromatic heterocycles. The number of nitriles is 1. The molecule has 2 rings (SSSR count). The molecule has 1 amide bonds. The fraction of sp³-hybridized carbons (Fsp3) is 0.154. The largest absolute Gasteiger partial charge is 0.445 e. The molecule has 0 radical (unpaired) electrons. The van der Waals surface area contributed by atoms with Gasteiger partial charge in [-0.25, -0.2) is 4.98 Å². The molecule has 0 atom stereocenters. The summed E-state index contributed by atoms with van der Waals surface area (Å²) in [4.78, 5) is 17.4. The predicted octanol–water partition coefficient (Wildman–Crippen LogP) is 2.13. The van der Waals surface area contributed by atoms with Crippen molar-refractivity contribution in [3.05, 3.63) is 47.5 Å². The van der Waals surface area contributed by atoms with Crippen molar-refractivity contribution in [1.82, 2.24) is 4.98 Å². The lowest BCUT2D eigenvalue weighted by Gasteiger charge is -2.13. The van der Waals surface area contributed by atoms with Crippen LogP contribution in [0.4, 0.5) is 5.88 Å². The van der Waals surface area contributed by atoms with E-state index in [0.717, 1.165) is 5.76 Å². The number of hydrogen-bond acceptors (Lipinski definition) is 4. The first-order valence-electron chi connectivity index (χ1n) is 5.32. The van der Waals surface area contributed by atoms with E-state index in [1.807, 2.05) is 13.0 Å². The summed E-state index contributed by atoms with van der Waals surface area (Å²) in [5.74, 6) is 0.952. The minimum absolute atomic E-state index is 0.213. The van der Waals surface area contributed by atoms with E-state index in [0.29, 0.717) is 11.4 Å². The van der Waals surface area contributed by atoms with Crippen molar-refractivity contribution in [1.29, 1.82) is 5.26 Å². The Morgan fingerprint density at radius 3 is 2.83 bits per heavy atom. The zero-order chi connectivity index (χ0) is 13.1. The maximum atomic E-state index is 12.2. The Bertz CT molecular complexity index is 625. The lowest BCUT2D eigenvalue weighted by atomic mass is 10.2. The molecule has 0 saturated heterocycles. The van der Waals surface area contributed by atoms with Gasteiger partial charge in [-0.15, -0.1) is 0 Å². The number of hydrogen-bond donors (Lipinski definition) is 0. The molecule has 2 heterocycles. The molecule has 0 spiro atoms. The Kier molecular flexibility index (Phi) is 3.11. The molecule has 0 aliphatic rings. The van der Waals surface area contributed by atoms with Crippen LogP contribution in [0, 0.1) is 18.3 Å². The summed E-state index contributed by atoms with van der Waals surface area (Å²) in [5.41, 5.74) is 0.614. The second kappa shape index (κ2) is 4.72. The van der Waals surface area contributed by atoms with Gasteiger partial charge in [0.25, 0.3) is 5.91 Å². The third-order valence-corrected chi connectivity index (χ3v) is 2.48. The summed E-state index contributed by atoms with van der Waals surface area (Å²) in [6.45, 7) is 1.81. The molecule has 0 N–H and O–H groups in total. The van der Waals surface area contributed by atoms with Gasteiger partial charge in [-0.3, -0.25) is 9.69 Å². The Balaban J connectivity index is 2.28. The van der Waals surface area contributed by atoms with E-state index in [1.165, 1.54) is 17.2 Å². The van der Waals surface area contributed by atoms with Crippen LogP contribution in [0.25, 0.3) is 0 Å². The number of aryl methyl sites for hydroxylation is 1. The first-order valence-corrected chi connectivity index (χ1v) is 5.32.